The molecule has 0 amide bonds. The van der Waals surface area contributed by atoms with Gasteiger partial charge in [-0.25, -0.2) is 9.97 Å². The average molecular weight is 436 g/mol. The summed E-state index contributed by atoms with van der Waals surface area (Å²) in [5.41, 5.74) is 1.92. The summed E-state index contributed by atoms with van der Waals surface area (Å²) in [6.07, 6.45) is 0. The number of methoxy groups -OCH3 is 2. The van der Waals surface area contributed by atoms with Gasteiger partial charge in [0.15, 0.2) is 23.0 Å². The number of aryl methyl sites for hydroxylation is 1. The van der Waals surface area contributed by atoms with Crippen LogP contribution in [0.3, 0.4) is 0 Å². The van der Waals surface area contributed by atoms with Crippen molar-refractivity contribution >= 4 is 28.1 Å². The molecule has 31 heavy (non-hydrogen) atoms. The van der Waals surface area contributed by atoms with Crippen LogP contribution in [0.15, 0.2) is 42.5 Å². The molecule has 0 unspecified atom stereocenters. The number of hydrogen-bond donors (Lipinski definition) is 1. The normalized spacial score (nSPS) is 12.2. The maximum atomic E-state index is 5.50. The highest BCUT2D eigenvalue weighted by Gasteiger charge is 2.15. The number of nitrogens with one attached hydrogen (secondary N) is 1. The lowest BCUT2D eigenvalue weighted by Gasteiger charge is -2.12. The van der Waals surface area contributed by atoms with E-state index in [1.165, 1.54) is 9.75 Å². The summed E-state index contributed by atoms with van der Waals surface area (Å²) in [5, 5.41) is 4.34. The molecule has 1 N–H and O–H groups in total. The second-order valence-electron chi connectivity index (χ2n) is 7.03. The minimum atomic E-state index is 0.279. The van der Waals surface area contributed by atoms with Gasteiger partial charge >= 0.3 is 0 Å². The fraction of sp³-hybridized carbons (Fsp3) is 0.217. The Morgan fingerprint density at radius 1 is 0.968 bits per heavy atom. The van der Waals surface area contributed by atoms with Gasteiger partial charge in [0.05, 0.1) is 26.3 Å². The summed E-state index contributed by atoms with van der Waals surface area (Å²) in [6, 6.07) is 14.0. The van der Waals surface area contributed by atoms with Crippen molar-refractivity contribution < 1.29 is 18.9 Å². The van der Waals surface area contributed by atoms with Crippen LogP contribution in [0.5, 0.6) is 23.0 Å². The molecule has 0 spiro atoms. The Bertz CT molecular complexity index is 1270. The third kappa shape index (κ3) is 3.70. The van der Waals surface area contributed by atoms with E-state index in [1.54, 1.807) is 25.6 Å². The molecule has 4 aromatic rings. The van der Waals surface area contributed by atoms with Gasteiger partial charge in [-0.3, -0.25) is 0 Å². The van der Waals surface area contributed by atoms with Crippen molar-refractivity contribution in [2.24, 2.45) is 0 Å². The Morgan fingerprint density at radius 2 is 1.77 bits per heavy atom. The molecule has 7 nitrogen and oxygen atoms in total. The highest BCUT2D eigenvalue weighted by molar-refractivity contribution is 7.15. The summed E-state index contributed by atoms with van der Waals surface area (Å²) in [7, 11) is 3.24. The van der Waals surface area contributed by atoms with Crippen LogP contribution < -0.4 is 24.3 Å². The van der Waals surface area contributed by atoms with Crippen LogP contribution in [0.4, 0.5) is 5.82 Å². The standard InChI is InChI=1S/C23H21N3O4S/c1-13-25-17-10-20(28-3)19(27-2)9-16(17)23(26-13)24-11-15-5-7-22(31-15)14-4-6-18-21(8-14)30-12-29-18/h4-10H,11-12H2,1-3H3,(H,24,25,26). The Labute approximate surface area is 183 Å². The zero-order valence-corrected chi connectivity index (χ0v) is 18.2. The second-order valence-corrected chi connectivity index (χ2v) is 8.20. The summed E-state index contributed by atoms with van der Waals surface area (Å²) in [6.45, 7) is 2.81. The molecule has 3 heterocycles. The molecular weight excluding hydrogens is 414 g/mol. The topological polar surface area (TPSA) is 74.7 Å². The molecule has 2 aromatic carbocycles. The van der Waals surface area contributed by atoms with Crippen molar-refractivity contribution in [2.75, 3.05) is 26.3 Å². The molecule has 1 aliphatic heterocycles. The minimum Gasteiger partial charge on any atom is -0.493 e. The molecule has 0 fully saturated rings. The number of thiophene rings is 1. The van der Waals surface area contributed by atoms with Crippen LogP contribution >= 0.6 is 11.3 Å². The first-order valence-corrected chi connectivity index (χ1v) is 10.6. The van der Waals surface area contributed by atoms with Crippen molar-refractivity contribution in [3.63, 3.8) is 0 Å². The Balaban J connectivity index is 1.40. The predicted octanol–water partition coefficient (Wildman–Crippen LogP) is 5.02. The lowest BCUT2D eigenvalue weighted by molar-refractivity contribution is 0.174. The van der Waals surface area contributed by atoms with Gasteiger partial charge in [-0.2, -0.15) is 0 Å². The molecule has 8 heteroatoms. The van der Waals surface area contributed by atoms with E-state index < -0.39 is 0 Å². The van der Waals surface area contributed by atoms with Gasteiger partial charge in [-0.15, -0.1) is 11.3 Å². The van der Waals surface area contributed by atoms with E-state index in [9.17, 15) is 0 Å². The molecule has 0 bridgehead atoms. The van der Waals surface area contributed by atoms with E-state index >= 15 is 0 Å². The lowest BCUT2D eigenvalue weighted by atomic mass is 10.1. The first-order chi connectivity index (χ1) is 15.1. The van der Waals surface area contributed by atoms with Crippen LogP contribution in [0.2, 0.25) is 0 Å². The summed E-state index contributed by atoms with van der Waals surface area (Å²) >= 11 is 1.73. The molecule has 0 atom stereocenters. The first-order valence-electron chi connectivity index (χ1n) is 9.77. The Hall–Kier alpha value is -3.52. The van der Waals surface area contributed by atoms with Gasteiger partial charge in [0.1, 0.15) is 11.6 Å². The van der Waals surface area contributed by atoms with Crippen LogP contribution in [-0.4, -0.2) is 31.0 Å². The zero-order chi connectivity index (χ0) is 21.4. The smallest absolute Gasteiger partial charge is 0.231 e. The second kappa shape index (κ2) is 7.96. The van der Waals surface area contributed by atoms with E-state index in [1.807, 2.05) is 31.2 Å². The van der Waals surface area contributed by atoms with Crippen LogP contribution in [-0.2, 0) is 6.54 Å². The lowest BCUT2D eigenvalue weighted by Crippen LogP contribution is -2.04. The number of fused-ring (bicyclic) bond motifs is 2. The molecule has 0 radical (unpaired) electrons. The van der Waals surface area contributed by atoms with Crippen molar-refractivity contribution in [3.8, 4) is 33.4 Å². The van der Waals surface area contributed by atoms with Gasteiger partial charge in [0.2, 0.25) is 6.79 Å². The van der Waals surface area contributed by atoms with E-state index in [4.69, 9.17) is 18.9 Å². The minimum absolute atomic E-state index is 0.279. The van der Waals surface area contributed by atoms with Gasteiger partial charge < -0.3 is 24.3 Å². The van der Waals surface area contributed by atoms with Gasteiger partial charge in [0, 0.05) is 21.2 Å². The molecule has 0 saturated heterocycles. The first kappa shape index (κ1) is 19.4. The van der Waals surface area contributed by atoms with Crippen molar-refractivity contribution in [1.29, 1.82) is 0 Å². The number of benzene rings is 2. The van der Waals surface area contributed by atoms with Gasteiger partial charge in [0.25, 0.3) is 0 Å². The number of anilines is 1. The van der Waals surface area contributed by atoms with Gasteiger partial charge in [-0.05, 0) is 48.9 Å². The molecule has 5 rings (SSSR count). The summed E-state index contributed by atoms with van der Waals surface area (Å²) in [5.74, 6) is 4.33. The molecule has 0 aliphatic carbocycles. The molecule has 158 valence electrons. The largest absolute Gasteiger partial charge is 0.493 e. The van der Waals surface area contributed by atoms with Crippen molar-refractivity contribution in [3.05, 3.63) is 53.2 Å². The molecule has 2 aromatic heterocycles. The van der Waals surface area contributed by atoms with E-state index in [0.29, 0.717) is 23.9 Å². The third-order valence-electron chi connectivity index (χ3n) is 5.06. The fourth-order valence-corrected chi connectivity index (χ4v) is 4.50. The maximum absolute atomic E-state index is 5.50. The Morgan fingerprint density at radius 3 is 2.61 bits per heavy atom. The average Bonchev–Trinajstić information content (AvgIpc) is 3.45. The van der Waals surface area contributed by atoms with E-state index in [2.05, 4.69) is 33.5 Å². The molecule has 1 aliphatic rings. The molecular formula is C23H21N3O4S. The highest BCUT2D eigenvalue weighted by Crippen LogP contribution is 2.38. The van der Waals surface area contributed by atoms with Crippen molar-refractivity contribution in [1.82, 2.24) is 9.97 Å². The summed E-state index contributed by atoms with van der Waals surface area (Å²) < 4.78 is 21.8. The third-order valence-corrected chi connectivity index (χ3v) is 6.20. The van der Waals surface area contributed by atoms with Crippen molar-refractivity contribution in [2.45, 2.75) is 13.5 Å². The monoisotopic (exact) mass is 435 g/mol. The number of hydrogen-bond acceptors (Lipinski definition) is 8. The molecule has 0 saturated carbocycles. The number of ether oxygens (including phenoxy) is 4. The van der Waals surface area contributed by atoms with Gasteiger partial charge in [-0.1, -0.05) is 0 Å². The predicted molar refractivity (Wildman–Crippen MR) is 121 cm³/mol. The SMILES string of the molecule is COc1cc2nc(C)nc(NCc3ccc(-c4ccc5c(c4)OCO5)s3)c2cc1OC. The summed E-state index contributed by atoms with van der Waals surface area (Å²) in [4.78, 5) is 11.5. The maximum Gasteiger partial charge on any atom is 0.231 e. The van der Waals surface area contributed by atoms with Crippen LogP contribution in [0.25, 0.3) is 21.3 Å². The Kier molecular flexibility index (Phi) is 4.99. The number of rotatable bonds is 6. The fourth-order valence-electron chi connectivity index (χ4n) is 3.56. The van der Waals surface area contributed by atoms with Crippen LogP contribution in [0.1, 0.15) is 10.7 Å². The quantitative estimate of drug-likeness (QED) is 0.455. The zero-order valence-electron chi connectivity index (χ0n) is 17.4. The van der Waals surface area contributed by atoms with E-state index in [-0.39, 0.29) is 6.79 Å². The van der Waals surface area contributed by atoms with Crippen LogP contribution in [0, 0.1) is 6.92 Å². The number of nitrogens with zero attached hydrogens (tertiary/aromatic N) is 2. The highest BCUT2D eigenvalue weighted by atomic mass is 32.1. The van der Waals surface area contributed by atoms with E-state index in [0.717, 1.165) is 33.8 Å². The number of aromatic nitrogens is 2.